The highest BCUT2D eigenvalue weighted by Crippen LogP contribution is 2.64. The molecule has 4 heteroatoms. The zero-order chi connectivity index (χ0) is 47.1. The molecule has 1 fully saturated rings. The Labute approximate surface area is 437 Å². The lowest BCUT2D eigenvalue weighted by atomic mass is 9.65. The third-order valence-electron chi connectivity index (χ3n) is 17.4. The van der Waals surface area contributed by atoms with Crippen LogP contribution in [0, 0.1) is 5.92 Å². The third-order valence-corrected chi connectivity index (χ3v) is 21.3. The number of hydrogen-bond acceptors (Lipinski definition) is 3. The zero-order valence-corrected chi connectivity index (χ0v) is 43.1. The van der Waals surface area contributed by atoms with Crippen LogP contribution in [0.15, 0.2) is 239 Å². The van der Waals surface area contributed by atoms with Crippen LogP contribution in [0.4, 0.5) is 5.69 Å². The summed E-state index contributed by atoms with van der Waals surface area (Å²) in [5.74, 6) is 2.32. The van der Waals surface area contributed by atoms with Crippen LogP contribution in [0.25, 0.3) is 11.1 Å². The van der Waals surface area contributed by atoms with Gasteiger partial charge in [0.1, 0.15) is 11.9 Å². The maximum absolute atomic E-state index is 7.45. The molecule has 14 rings (SSSR count). The van der Waals surface area contributed by atoms with Crippen LogP contribution in [-0.2, 0) is 8.84 Å². The van der Waals surface area contributed by atoms with E-state index in [-0.39, 0.29) is 26.9 Å². The summed E-state index contributed by atoms with van der Waals surface area (Å²) in [5.41, 5.74) is 18.9. The van der Waals surface area contributed by atoms with E-state index in [9.17, 15) is 0 Å². The first kappa shape index (κ1) is 43.9. The number of fused-ring (bicyclic) bond motifs is 10. The fraction of sp³-hybridized carbons (Fsp3) is 0.254. The number of allylic oxidation sites excluding steroid dienone is 15. The van der Waals surface area contributed by atoms with Crippen molar-refractivity contribution in [3.63, 3.8) is 0 Å². The van der Waals surface area contributed by atoms with Crippen molar-refractivity contribution in [2.45, 2.75) is 101 Å². The van der Waals surface area contributed by atoms with Gasteiger partial charge in [0, 0.05) is 44.5 Å². The molecule has 0 aromatic heterocycles. The summed E-state index contributed by atoms with van der Waals surface area (Å²) in [4.78, 5) is 4.16. The summed E-state index contributed by atoms with van der Waals surface area (Å²) < 4.78 is 7.55. The molecule has 7 aliphatic carbocycles. The van der Waals surface area contributed by atoms with Crippen molar-refractivity contribution in [2.75, 3.05) is 4.90 Å². The van der Waals surface area contributed by atoms with Gasteiger partial charge in [-0.2, -0.15) is 0 Å². The maximum Gasteiger partial charge on any atom is 0.134 e. The normalized spacial score (nSPS) is 29.3. The Morgan fingerprint density at radius 3 is 2.37 bits per heavy atom. The highest BCUT2D eigenvalue weighted by molar-refractivity contribution is 14.1. The van der Waals surface area contributed by atoms with Gasteiger partial charge in [0.2, 0.25) is 0 Å². The first-order chi connectivity index (χ1) is 35.1. The molecule has 350 valence electrons. The lowest BCUT2D eigenvalue weighted by molar-refractivity contribution is 0.258. The van der Waals surface area contributed by atoms with E-state index in [2.05, 4.69) is 246 Å². The Balaban J connectivity index is 0.792. The molecule has 0 N–H and O–H groups in total. The van der Waals surface area contributed by atoms with Crippen molar-refractivity contribution in [3.05, 3.63) is 268 Å². The molecule has 0 spiro atoms. The van der Waals surface area contributed by atoms with E-state index >= 15 is 0 Å². The second-order valence-corrected chi connectivity index (χ2v) is 24.1. The molecule has 71 heavy (non-hydrogen) atoms. The predicted molar refractivity (Wildman–Crippen MR) is 304 cm³/mol. The number of nitrogens with zero attached hydrogens (tertiary/aromatic N) is 1. The molecule has 0 amide bonds. The topological polar surface area (TPSA) is 12.5 Å². The van der Waals surface area contributed by atoms with Crippen LogP contribution in [0.5, 0.6) is 5.75 Å². The Morgan fingerprint density at radius 2 is 1.55 bits per heavy atom. The lowest BCUT2D eigenvalue weighted by Gasteiger charge is -2.42. The number of rotatable bonds is 8. The van der Waals surface area contributed by atoms with Gasteiger partial charge in [-0.1, -0.05) is 217 Å². The van der Waals surface area contributed by atoms with E-state index < -0.39 is 0 Å². The molecule has 9 aliphatic rings. The van der Waals surface area contributed by atoms with Gasteiger partial charge < -0.3 is 9.64 Å². The van der Waals surface area contributed by atoms with Crippen molar-refractivity contribution in [3.8, 4) is 16.9 Å². The highest BCUT2D eigenvalue weighted by atomic mass is 127. The van der Waals surface area contributed by atoms with Crippen LogP contribution < -0.4 is 9.64 Å². The number of ether oxygens (including phenoxy) is 1. The Bertz CT molecular complexity index is 3300. The van der Waals surface area contributed by atoms with Gasteiger partial charge in [-0.15, -0.1) is 11.8 Å². The minimum absolute atomic E-state index is 0.0682. The zero-order valence-electron chi connectivity index (χ0n) is 40.1. The quantitative estimate of drug-likeness (QED) is 0.114. The number of hydrogen-bond donors (Lipinski definition) is 0. The molecule has 1 saturated carbocycles. The van der Waals surface area contributed by atoms with E-state index in [0.717, 1.165) is 44.3 Å². The summed E-state index contributed by atoms with van der Waals surface area (Å²) in [5, 5.41) is 0.561. The molecule has 5 aromatic carbocycles. The van der Waals surface area contributed by atoms with Crippen LogP contribution in [0.1, 0.15) is 103 Å². The molecule has 2 heterocycles. The average molecular weight is 1050 g/mol. The van der Waals surface area contributed by atoms with E-state index in [1.165, 1.54) is 96.8 Å². The van der Waals surface area contributed by atoms with Crippen molar-refractivity contribution < 1.29 is 4.74 Å². The minimum atomic E-state index is -0.370. The second kappa shape index (κ2) is 17.7. The SMILES string of the molecule is IC1(c2ccc(N(C3=CC=C(C4=CC=CC5c6ccc7c(c6OC45)-c4ccccc4C7(C4=CC=CCC4)c4ccccc4)CC3)C3C=CC(C4C=CC=CC4)=CC3)cc2)CCCC2c3ccccc3SC21. The Morgan fingerprint density at radius 1 is 0.676 bits per heavy atom. The standard InChI is InChI=1S/C67H58INOS/c68-66(43-15-26-57-54-22-11-13-28-61(54)71-65(57)66)47-33-39-52(40-34-47)69(50-35-29-45(30-36-50)44-16-4-1-5-17-44)51-37-31-46(32-38-51)53-24-14-25-55-56-41-42-60-62(64(56)70-63(53)55)58-23-10-12-27-59(58)67(60,48-18-6-2-7-19-48)49-20-8-3-9-21-49/h1-8,10-14,16,18-20,22-25,27-31,33-35,37,39-42,44,50,55,57,63,65H,9,15,17,21,26,32,36,38,43H2. The fourth-order valence-electron chi connectivity index (χ4n) is 14.2. The van der Waals surface area contributed by atoms with Crippen molar-refractivity contribution in [1.82, 2.24) is 0 Å². The predicted octanol–water partition coefficient (Wildman–Crippen LogP) is 17.2. The van der Waals surface area contributed by atoms with Gasteiger partial charge in [-0.25, -0.2) is 0 Å². The molecular formula is C67H58INOS. The van der Waals surface area contributed by atoms with E-state index in [4.69, 9.17) is 4.74 Å². The second-order valence-electron chi connectivity index (χ2n) is 21.0. The van der Waals surface area contributed by atoms with E-state index in [1.807, 2.05) is 0 Å². The van der Waals surface area contributed by atoms with Gasteiger partial charge in [-0.3, -0.25) is 0 Å². The van der Waals surface area contributed by atoms with Gasteiger partial charge in [0.15, 0.2) is 0 Å². The third kappa shape index (κ3) is 7.01. The van der Waals surface area contributed by atoms with E-state index in [0.29, 0.717) is 17.1 Å². The van der Waals surface area contributed by atoms with Crippen molar-refractivity contribution in [1.29, 1.82) is 0 Å². The Kier molecular flexibility index (Phi) is 11.0. The number of anilines is 1. The van der Waals surface area contributed by atoms with Crippen molar-refractivity contribution in [2.24, 2.45) is 5.92 Å². The van der Waals surface area contributed by atoms with Crippen LogP contribution >= 0.6 is 34.4 Å². The monoisotopic (exact) mass is 1050 g/mol. The first-order valence-electron chi connectivity index (χ1n) is 26.3. The average Bonchev–Trinajstić information content (AvgIpc) is 4.13. The summed E-state index contributed by atoms with van der Waals surface area (Å²) >= 11 is 4.99. The largest absolute Gasteiger partial charge is 0.484 e. The number of alkyl halides is 1. The number of benzene rings is 5. The lowest BCUT2D eigenvalue weighted by Crippen LogP contribution is -2.38. The fourth-order valence-corrected chi connectivity index (χ4v) is 17.4. The Hall–Kier alpha value is -5.82. The summed E-state index contributed by atoms with van der Waals surface area (Å²) in [6.07, 6.45) is 45.1. The molecule has 5 aromatic rings. The minimum Gasteiger partial charge on any atom is -0.484 e. The summed E-state index contributed by atoms with van der Waals surface area (Å²) in [6.45, 7) is 0. The van der Waals surface area contributed by atoms with Gasteiger partial charge >= 0.3 is 0 Å². The van der Waals surface area contributed by atoms with E-state index in [1.54, 1.807) is 5.56 Å². The highest BCUT2D eigenvalue weighted by Gasteiger charge is 2.52. The smallest absolute Gasteiger partial charge is 0.134 e. The van der Waals surface area contributed by atoms with Crippen molar-refractivity contribution >= 4 is 40.0 Å². The molecule has 2 aliphatic heterocycles. The molecule has 8 unspecified atom stereocenters. The first-order valence-corrected chi connectivity index (χ1v) is 28.2. The van der Waals surface area contributed by atoms with Crippen LogP contribution in [0.2, 0.25) is 0 Å². The van der Waals surface area contributed by atoms with Crippen LogP contribution in [0.3, 0.4) is 0 Å². The van der Waals surface area contributed by atoms with Gasteiger partial charge in [0.05, 0.1) is 14.9 Å². The molecule has 0 saturated heterocycles. The molecule has 0 bridgehead atoms. The molecular weight excluding hydrogens is 994 g/mol. The van der Waals surface area contributed by atoms with Crippen LogP contribution in [-0.4, -0.2) is 17.4 Å². The summed E-state index contributed by atoms with van der Waals surface area (Å²) in [7, 11) is 0. The summed E-state index contributed by atoms with van der Waals surface area (Å²) in [6, 6.07) is 44.5. The van der Waals surface area contributed by atoms with Gasteiger partial charge in [-0.05, 0) is 132 Å². The number of thioether (sulfide) groups is 1. The molecule has 2 nitrogen and oxygen atoms in total. The van der Waals surface area contributed by atoms with Gasteiger partial charge in [0.25, 0.3) is 0 Å². The number of halogens is 1. The molecule has 0 radical (unpaired) electrons. The molecule has 8 atom stereocenters. The maximum atomic E-state index is 7.45.